The van der Waals surface area contributed by atoms with Crippen LogP contribution in [0.2, 0.25) is 0 Å². The summed E-state index contributed by atoms with van der Waals surface area (Å²) in [5.74, 6) is 0.902. The zero-order valence-electron chi connectivity index (χ0n) is 10.5. The van der Waals surface area contributed by atoms with Gasteiger partial charge in [0.15, 0.2) is 0 Å². The van der Waals surface area contributed by atoms with Crippen LogP contribution in [-0.2, 0) is 0 Å². The third kappa shape index (κ3) is 2.29. The van der Waals surface area contributed by atoms with Gasteiger partial charge in [-0.25, -0.2) is 4.98 Å². The Morgan fingerprint density at radius 3 is 2.89 bits per heavy atom. The second-order valence-electron chi connectivity index (χ2n) is 4.70. The maximum atomic E-state index is 4.62. The van der Waals surface area contributed by atoms with Crippen LogP contribution in [0, 0.1) is 0 Å². The minimum absolute atomic E-state index is 0.537. The molecule has 0 amide bonds. The van der Waals surface area contributed by atoms with Gasteiger partial charge in [-0.1, -0.05) is 18.6 Å². The fourth-order valence-electron chi connectivity index (χ4n) is 2.59. The lowest BCUT2D eigenvalue weighted by molar-refractivity contribution is 0.763. The van der Waals surface area contributed by atoms with Crippen molar-refractivity contribution in [1.82, 2.24) is 9.97 Å². The van der Waals surface area contributed by atoms with Crippen molar-refractivity contribution in [1.29, 1.82) is 0 Å². The summed E-state index contributed by atoms with van der Waals surface area (Å²) in [5.41, 5.74) is 1.91. The van der Waals surface area contributed by atoms with Crippen molar-refractivity contribution in [3.63, 3.8) is 0 Å². The van der Waals surface area contributed by atoms with Crippen LogP contribution in [0.15, 0.2) is 30.5 Å². The Hall–Kier alpha value is -1.29. The largest absolute Gasteiger partial charge is 0.365 e. The average Bonchev–Trinajstić information content (AvgIpc) is 2.86. The van der Waals surface area contributed by atoms with Gasteiger partial charge in [-0.15, -0.1) is 0 Å². The summed E-state index contributed by atoms with van der Waals surface area (Å²) in [6.45, 7) is 0. The van der Waals surface area contributed by atoms with Crippen molar-refractivity contribution in [3.05, 3.63) is 30.5 Å². The molecule has 2 atom stereocenters. The van der Waals surface area contributed by atoms with E-state index in [1.165, 1.54) is 19.3 Å². The normalized spacial score (nSPS) is 23.4. The highest BCUT2D eigenvalue weighted by atomic mass is 32.2. The van der Waals surface area contributed by atoms with Gasteiger partial charge in [0.05, 0.1) is 17.2 Å². The molecule has 94 valence electrons. The van der Waals surface area contributed by atoms with Crippen LogP contribution in [0.4, 0.5) is 5.82 Å². The molecule has 0 saturated heterocycles. The predicted octanol–water partition coefficient (Wildman–Crippen LogP) is 3.33. The second-order valence-corrected chi connectivity index (χ2v) is 5.78. The standard InChI is InChI=1S/C14H17N3S/c1-18-13-8-4-7-12(13)17-14-9-15-10-5-2-3-6-11(10)16-14/h2-3,5-6,9,12-13H,4,7-8H2,1H3,(H,16,17). The molecule has 3 rings (SSSR count). The number of thioether (sulfide) groups is 1. The van der Waals surface area contributed by atoms with E-state index in [0.717, 1.165) is 16.9 Å². The molecule has 0 radical (unpaired) electrons. The summed E-state index contributed by atoms with van der Waals surface area (Å²) in [5, 5.41) is 4.25. The van der Waals surface area contributed by atoms with Gasteiger partial charge in [-0.2, -0.15) is 11.8 Å². The highest BCUT2D eigenvalue weighted by Crippen LogP contribution is 2.30. The van der Waals surface area contributed by atoms with Crippen LogP contribution < -0.4 is 5.32 Å². The molecule has 1 aromatic carbocycles. The van der Waals surface area contributed by atoms with Gasteiger partial charge >= 0.3 is 0 Å². The number of hydrogen-bond donors (Lipinski definition) is 1. The first-order chi connectivity index (χ1) is 8.86. The van der Waals surface area contributed by atoms with E-state index in [1.54, 1.807) is 0 Å². The quantitative estimate of drug-likeness (QED) is 0.917. The van der Waals surface area contributed by atoms with Gasteiger partial charge in [0.2, 0.25) is 0 Å². The fraction of sp³-hybridized carbons (Fsp3) is 0.429. The van der Waals surface area contributed by atoms with E-state index < -0.39 is 0 Å². The highest BCUT2D eigenvalue weighted by molar-refractivity contribution is 7.99. The van der Waals surface area contributed by atoms with Crippen LogP contribution >= 0.6 is 11.8 Å². The maximum Gasteiger partial charge on any atom is 0.145 e. The van der Waals surface area contributed by atoms with Gasteiger partial charge in [0, 0.05) is 11.3 Å². The molecule has 1 aliphatic rings. The summed E-state index contributed by atoms with van der Waals surface area (Å²) < 4.78 is 0. The first-order valence-corrected chi connectivity index (χ1v) is 7.67. The van der Waals surface area contributed by atoms with E-state index in [9.17, 15) is 0 Å². The van der Waals surface area contributed by atoms with E-state index in [0.29, 0.717) is 11.3 Å². The second kappa shape index (κ2) is 5.14. The van der Waals surface area contributed by atoms with Crippen molar-refractivity contribution in [2.24, 2.45) is 0 Å². The topological polar surface area (TPSA) is 37.8 Å². The number of anilines is 1. The zero-order chi connectivity index (χ0) is 12.4. The molecule has 1 N–H and O–H groups in total. The Morgan fingerprint density at radius 2 is 2.06 bits per heavy atom. The number of aromatic nitrogens is 2. The summed E-state index contributed by atoms with van der Waals surface area (Å²) in [7, 11) is 0. The van der Waals surface area contributed by atoms with Crippen LogP contribution in [-0.4, -0.2) is 27.5 Å². The molecule has 3 nitrogen and oxygen atoms in total. The van der Waals surface area contributed by atoms with Gasteiger partial charge in [-0.05, 0) is 31.2 Å². The number of nitrogens with zero attached hydrogens (tertiary/aromatic N) is 2. The molecule has 0 bridgehead atoms. The SMILES string of the molecule is CSC1CCCC1Nc1cnc2ccccc2n1. The molecule has 0 aliphatic heterocycles. The van der Waals surface area contributed by atoms with Crippen LogP contribution in [0.1, 0.15) is 19.3 Å². The zero-order valence-corrected chi connectivity index (χ0v) is 11.3. The van der Waals surface area contributed by atoms with Crippen molar-refractivity contribution >= 4 is 28.6 Å². The third-order valence-electron chi connectivity index (χ3n) is 3.54. The molecule has 0 spiro atoms. The first-order valence-electron chi connectivity index (χ1n) is 6.38. The average molecular weight is 259 g/mol. The number of benzene rings is 1. The summed E-state index contributed by atoms with van der Waals surface area (Å²) >= 11 is 1.95. The predicted molar refractivity (Wildman–Crippen MR) is 78.1 cm³/mol. The minimum Gasteiger partial charge on any atom is -0.365 e. The number of para-hydroxylation sites is 2. The van der Waals surface area contributed by atoms with Gasteiger partial charge < -0.3 is 5.32 Å². The Bertz CT molecular complexity index is 543. The molecule has 1 saturated carbocycles. The Labute approximate surface area is 111 Å². The van der Waals surface area contributed by atoms with Crippen LogP contribution in [0.3, 0.4) is 0 Å². The lowest BCUT2D eigenvalue weighted by Gasteiger charge is -2.19. The fourth-order valence-corrected chi connectivity index (χ4v) is 3.52. The number of nitrogens with one attached hydrogen (secondary N) is 1. The van der Waals surface area contributed by atoms with E-state index >= 15 is 0 Å². The Balaban J connectivity index is 1.82. The lowest BCUT2D eigenvalue weighted by Crippen LogP contribution is -2.26. The van der Waals surface area contributed by atoms with E-state index in [1.807, 2.05) is 42.2 Å². The Kier molecular flexibility index (Phi) is 3.37. The van der Waals surface area contributed by atoms with Gasteiger partial charge in [-0.3, -0.25) is 4.98 Å². The number of fused-ring (bicyclic) bond motifs is 1. The monoisotopic (exact) mass is 259 g/mol. The van der Waals surface area contributed by atoms with Gasteiger partial charge in [0.1, 0.15) is 5.82 Å². The van der Waals surface area contributed by atoms with Crippen molar-refractivity contribution in [2.75, 3.05) is 11.6 Å². The van der Waals surface area contributed by atoms with Gasteiger partial charge in [0.25, 0.3) is 0 Å². The van der Waals surface area contributed by atoms with E-state index in [2.05, 4.69) is 21.5 Å². The smallest absolute Gasteiger partial charge is 0.145 e. The molecule has 1 heterocycles. The van der Waals surface area contributed by atoms with Crippen molar-refractivity contribution in [2.45, 2.75) is 30.6 Å². The molecular formula is C14H17N3S. The summed E-state index contributed by atoms with van der Waals surface area (Å²) in [6.07, 6.45) is 7.89. The lowest BCUT2D eigenvalue weighted by atomic mass is 10.2. The minimum atomic E-state index is 0.537. The first kappa shape index (κ1) is 11.8. The summed E-state index contributed by atoms with van der Waals surface area (Å²) in [6, 6.07) is 8.53. The highest BCUT2D eigenvalue weighted by Gasteiger charge is 2.26. The third-order valence-corrected chi connectivity index (χ3v) is 4.71. The van der Waals surface area contributed by atoms with Crippen LogP contribution in [0.5, 0.6) is 0 Å². The maximum absolute atomic E-state index is 4.62. The number of hydrogen-bond acceptors (Lipinski definition) is 4. The molecule has 1 aliphatic carbocycles. The molecule has 2 unspecified atom stereocenters. The van der Waals surface area contributed by atoms with E-state index in [-0.39, 0.29) is 0 Å². The molecular weight excluding hydrogens is 242 g/mol. The van der Waals surface area contributed by atoms with Crippen molar-refractivity contribution < 1.29 is 0 Å². The van der Waals surface area contributed by atoms with Crippen LogP contribution in [0.25, 0.3) is 11.0 Å². The molecule has 2 aromatic rings. The molecule has 1 aromatic heterocycles. The number of rotatable bonds is 3. The molecule has 1 fully saturated rings. The molecule has 18 heavy (non-hydrogen) atoms. The Morgan fingerprint density at radius 1 is 1.22 bits per heavy atom. The van der Waals surface area contributed by atoms with E-state index in [4.69, 9.17) is 0 Å². The molecule has 4 heteroatoms. The summed E-state index contributed by atoms with van der Waals surface area (Å²) in [4.78, 5) is 9.07. The van der Waals surface area contributed by atoms with Crippen molar-refractivity contribution in [3.8, 4) is 0 Å².